The molecule has 20 heavy (non-hydrogen) atoms. The van der Waals surface area contributed by atoms with E-state index in [0.717, 1.165) is 22.7 Å². The molecule has 0 fully saturated rings. The van der Waals surface area contributed by atoms with Gasteiger partial charge in [0.05, 0.1) is 17.8 Å². The quantitative estimate of drug-likeness (QED) is 0.794. The van der Waals surface area contributed by atoms with Gasteiger partial charge in [-0.1, -0.05) is 18.2 Å². The Kier molecular flexibility index (Phi) is 3.39. The standard InChI is InChI=1S/C16H13FN2O/c17-13-7-12(9-18-10-13)16(20)8-11-5-6-19-15-4-2-1-3-14(11)15/h1-7,9-10,16,20H,8H2. The fourth-order valence-electron chi connectivity index (χ4n) is 2.27. The molecule has 0 aliphatic heterocycles. The molecule has 2 aromatic heterocycles. The second-order valence-corrected chi connectivity index (χ2v) is 4.64. The Hall–Kier alpha value is -2.33. The number of nitrogens with zero attached hydrogens (tertiary/aromatic N) is 2. The molecule has 0 amide bonds. The zero-order valence-corrected chi connectivity index (χ0v) is 10.7. The van der Waals surface area contributed by atoms with Gasteiger partial charge in [-0.05, 0) is 23.8 Å². The number of fused-ring (bicyclic) bond motifs is 1. The summed E-state index contributed by atoms with van der Waals surface area (Å²) in [6, 6.07) is 10.9. The molecule has 1 aromatic carbocycles. The van der Waals surface area contributed by atoms with Crippen LogP contribution in [0, 0.1) is 5.82 Å². The fraction of sp³-hybridized carbons (Fsp3) is 0.125. The molecule has 100 valence electrons. The Morgan fingerprint density at radius 2 is 2.00 bits per heavy atom. The van der Waals surface area contributed by atoms with Crippen LogP contribution in [-0.4, -0.2) is 15.1 Å². The van der Waals surface area contributed by atoms with Crippen LogP contribution in [0.3, 0.4) is 0 Å². The monoisotopic (exact) mass is 268 g/mol. The van der Waals surface area contributed by atoms with E-state index in [1.807, 2.05) is 30.3 Å². The lowest BCUT2D eigenvalue weighted by Gasteiger charge is -2.12. The molecule has 2 heterocycles. The lowest BCUT2D eigenvalue weighted by Crippen LogP contribution is -2.03. The largest absolute Gasteiger partial charge is 0.388 e. The normalized spacial score (nSPS) is 12.5. The van der Waals surface area contributed by atoms with Crippen LogP contribution in [0.4, 0.5) is 4.39 Å². The van der Waals surface area contributed by atoms with Crippen molar-refractivity contribution < 1.29 is 9.50 Å². The minimum Gasteiger partial charge on any atom is -0.388 e. The number of aromatic nitrogens is 2. The highest BCUT2D eigenvalue weighted by atomic mass is 19.1. The molecule has 1 N–H and O–H groups in total. The van der Waals surface area contributed by atoms with E-state index in [2.05, 4.69) is 9.97 Å². The van der Waals surface area contributed by atoms with Crippen LogP contribution >= 0.6 is 0 Å². The second kappa shape index (κ2) is 5.35. The van der Waals surface area contributed by atoms with Gasteiger partial charge in [0, 0.05) is 29.8 Å². The van der Waals surface area contributed by atoms with E-state index in [9.17, 15) is 9.50 Å². The number of pyridine rings is 2. The van der Waals surface area contributed by atoms with Gasteiger partial charge in [-0.25, -0.2) is 4.39 Å². The maximum Gasteiger partial charge on any atom is 0.141 e. The first-order valence-electron chi connectivity index (χ1n) is 6.35. The van der Waals surface area contributed by atoms with Gasteiger partial charge in [0.2, 0.25) is 0 Å². The summed E-state index contributed by atoms with van der Waals surface area (Å²) < 4.78 is 13.1. The van der Waals surface area contributed by atoms with Crippen molar-refractivity contribution in [2.24, 2.45) is 0 Å². The second-order valence-electron chi connectivity index (χ2n) is 4.64. The predicted molar refractivity (Wildman–Crippen MR) is 74.6 cm³/mol. The van der Waals surface area contributed by atoms with Gasteiger partial charge in [0.1, 0.15) is 5.82 Å². The van der Waals surface area contributed by atoms with E-state index >= 15 is 0 Å². The Bertz CT molecular complexity index is 740. The molecule has 0 aliphatic carbocycles. The van der Waals surface area contributed by atoms with Gasteiger partial charge in [0.25, 0.3) is 0 Å². The molecule has 0 saturated carbocycles. The number of rotatable bonds is 3. The van der Waals surface area contributed by atoms with E-state index in [1.165, 1.54) is 12.3 Å². The van der Waals surface area contributed by atoms with Crippen LogP contribution in [0.1, 0.15) is 17.2 Å². The Morgan fingerprint density at radius 3 is 2.85 bits per heavy atom. The summed E-state index contributed by atoms with van der Waals surface area (Å²) in [6.07, 6.45) is 3.93. The summed E-state index contributed by atoms with van der Waals surface area (Å²) in [5.41, 5.74) is 2.34. The SMILES string of the molecule is OC(Cc1ccnc2ccccc12)c1cncc(F)c1. The van der Waals surface area contributed by atoms with Crippen LogP contribution in [0.15, 0.2) is 55.0 Å². The van der Waals surface area contributed by atoms with E-state index in [0.29, 0.717) is 12.0 Å². The van der Waals surface area contributed by atoms with Crippen molar-refractivity contribution in [2.45, 2.75) is 12.5 Å². The summed E-state index contributed by atoms with van der Waals surface area (Å²) in [4.78, 5) is 8.04. The molecule has 0 saturated heterocycles. The van der Waals surface area contributed by atoms with Crippen molar-refractivity contribution in [2.75, 3.05) is 0 Å². The topological polar surface area (TPSA) is 46.0 Å². The van der Waals surface area contributed by atoms with Gasteiger partial charge >= 0.3 is 0 Å². The highest BCUT2D eigenvalue weighted by Gasteiger charge is 2.12. The highest BCUT2D eigenvalue weighted by molar-refractivity contribution is 5.81. The molecular formula is C16H13FN2O. The number of para-hydroxylation sites is 1. The number of aliphatic hydroxyl groups is 1. The van der Waals surface area contributed by atoms with Gasteiger partial charge in [-0.15, -0.1) is 0 Å². The highest BCUT2D eigenvalue weighted by Crippen LogP contribution is 2.23. The fourth-order valence-corrected chi connectivity index (χ4v) is 2.27. The van der Waals surface area contributed by atoms with Crippen molar-refractivity contribution in [3.63, 3.8) is 0 Å². The average molecular weight is 268 g/mol. The molecule has 0 spiro atoms. The number of hydrogen-bond acceptors (Lipinski definition) is 3. The first-order chi connectivity index (χ1) is 9.74. The average Bonchev–Trinajstić information content (AvgIpc) is 2.47. The van der Waals surface area contributed by atoms with E-state index in [-0.39, 0.29) is 0 Å². The predicted octanol–water partition coefficient (Wildman–Crippen LogP) is 3.05. The molecule has 3 rings (SSSR count). The molecule has 1 atom stereocenters. The van der Waals surface area contributed by atoms with E-state index < -0.39 is 11.9 Å². The molecular weight excluding hydrogens is 255 g/mol. The third-order valence-electron chi connectivity index (χ3n) is 3.26. The van der Waals surface area contributed by atoms with Crippen molar-refractivity contribution in [1.82, 2.24) is 9.97 Å². The van der Waals surface area contributed by atoms with Crippen LogP contribution in [-0.2, 0) is 6.42 Å². The number of aliphatic hydroxyl groups excluding tert-OH is 1. The summed E-state index contributed by atoms with van der Waals surface area (Å²) in [5.74, 6) is -0.443. The van der Waals surface area contributed by atoms with Crippen LogP contribution in [0.2, 0.25) is 0 Å². The summed E-state index contributed by atoms with van der Waals surface area (Å²) in [6.45, 7) is 0. The Labute approximate surface area is 115 Å². The minimum atomic E-state index is -0.788. The lowest BCUT2D eigenvalue weighted by molar-refractivity contribution is 0.178. The molecule has 0 bridgehead atoms. The minimum absolute atomic E-state index is 0.397. The molecule has 0 radical (unpaired) electrons. The Balaban J connectivity index is 1.93. The molecule has 3 nitrogen and oxygen atoms in total. The molecule has 0 aliphatic rings. The van der Waals surface area contributed by atoms with Crippen molar-refractivity contribution in [3.8, 4) is 0 Å². The van der Waals surface area contributed by atoms with Gasteiger partial charge in [-0.2, -0.15) is 0 Å². The van der Waals surface area contributed by atoms with Crippen molar-refractivity contribution in [1.29, 1.82) is 0 Å². The van der Waals surface area contributed by atoms with Gasteiger partial charge in [0.15, 0.2) is 0 Å². The summed E-state index contributed by atoms with van der Waals surface area (Å²) in [7, 11) is 0. The van der Waals surface area contributed by atoms with Gasteiger partial charge < -0.3 is 5.11 Å². The molecule has 4 heteroatoms. The Morgan fingerprint density at radius 1 is 1.15 bits per heavy atom. The number of hydrogen-bond donors (Lipinski definition) is 1. The first kappa shape index (κ1) is 12.7. The van der Waals surface area contributed by atoms with E-state index in [4.69, 9.17) is 0 Å². The first-order valence-corrected chi connectivity index (χ1v) is 6.35. The number of benzene rings is 1. The smallest absolute Gasteiger partial charge is 0.141 e. The van der Waals surface area contributed by atoms with E-state index in [1.54, 1.807) is 6.20 Å². The van der Waals surface area contributed by atoms with Gasteiger partial charge in [-0.3, -0.25) is 9.97 Å². The molecule has 3 aromatic rings. The van der Waals surface area contributed by atoms with Crippen molar-refractivity contribution in [3.05, 3.63) is 71.9 Å². The zero-order valence-electron chi connectivity index (χ0n) is 10.7. The maximum absolute atomic E-state index is 13.1. The zero-order chi connectivity index (χ0) is 13.9. The van der Waals surface area contributed by atoms with Crippen LogP contribution in [0.25, 0.3) is 10.9 Å². The summed E-state index contributed by atoms with van der Waals surface area (Å²) >= 11 is 0. The van der Waals surface area contributed by atoms with Crippen molar-refractivity contribution >= 4 is 10.9 Å². The number of halogens is 1. The molecule has 1 unspecified atom stereocenters. The van der Waals surface area contributed by atoms with Crippen LogP contribution in [0.5, 0.6) is 0 Å². The third kappa shape index (κ3) is 2.51. The third-order valence-corrected chi connectivity index (χ3v) is 3.26. The van der Waals surface area contributed by atoms with Crippen LogP contribution < -0.4 is 0 Å². The lowest BCUT2D eigenvalue weighted by atomic mass is 10.00. The maximum atomic E-state index is 13.1. The summed E-state index contributed by atoms with van der Waals surface area (Å²) in [5, 5.41) is 11.2.